The van der Waals surface area contributed by atoms with E-state index < -0.39 is 7.60 Å². The number of rotatable bonds is 8. The summed E-state index contributed by atoms with van der Waals surface area (Å²) in [4.78, 5) is 19.9. The highest BCUT2D eigenvalue weighted by Gasteiger charge is 2.15. The molecule has 1 amide bonds. The fourth-order valence-corrected chi connectivity index (χ4v) is 1.97. The van der Waals surface area contributed by atoms with Crippen molar-refractivity contribution in [2.75, 3.05) is 20.3 Å². The molecule has 0 aromatic heterocycles. The Hall–Kier alpha value is -0.380. The van der Waals surface area contributed by atoms with Crippen molar-refractivity contribution in [2.24, 2.45) is 0 Å². The van der Waals surface area contributed by atoms with Crippen molar-refractivity contribution in [2.45, 2.75) is 32.1 Å². The zero-order valence-corrected chi connectivity index (χ0v) is 10.3. The first-order chi connectivity index (χ1) is 7.02. The van der Waals surface area contributed by atoms with Crippen LogP contribution in [0.2, 0.25) is 0 Å². The average Bonchev–Trinajstić information content (AvgIpc) is 2.22. The number of carbonyl (C=O) groups is 1. The molecule has 2 N–H and O–H groups in total. The smallest absolute Gasteiger partial charge is 0.327 e. The molecule has 0 radical (unpaired) electrons. The second-order valence-electron chi connectivity index (χ2n) is 3.38. The summed E-state index contributed by atoms with van der Waals surface area (Å²) < 4.78 is 15.5. The van der Waals surface area contributed by atoms with Gasteiger partial charge in [-0.15, -0.1) is 0 Å². The van der Waals surface area contributed by atoms with Crippen LogP contribution in [0.5, 0.6) is 0 Å². The number of amides is 1. The first-order valence-corrected chi connectivity index (χ1v) is 6.86. The van der Waals surface area contributed by atoms with Gasteiger partial charge in [-0.25, -0.2) is 0 Å². The highest BCUT2D eigenvalue weighted by molar-refractivity contribution is 7.52. The third-order valence-corrected chi connectivity index (χ3v) is 3.61. The van der Waals surface area contributed by atoms with Crippen LogP contribution in [0.25, 0.3) is 0 Å². The monoisotopic (exact) mass is 237 g/mol. The molecule has 5 nitrogen and oxygen atoms in total. The van der Waals surface area contributed by atoms with E-state index >= 15 is 0 Å². The number of hydrogen-bond donors (Lipinski definition) is 2. The van der Waals surface area contributed by atoms with E-state index in [1.807, 2.05) is 0 Å². The topological polar surface area (TPSA) is 75.6 Å². The van der Waals surface area contributed by atoms with Crippen LogP contribution in [0.3, 0.4) is 0 Å². The summed E-state index contributed by atoms with van der Waals surface area (Å²) in [6.45, 7) is 0. The minimum absolute atomic E-state index is 0.0414. The molecule has 0 saturated carbocycles. The summed E-state index contributed by atoms with van der Waals surface area (Å²) >= 11 is 0. The fraction of sp³-hybridized carbons (Fsp3) is 0.889. The van der Waals surface area contributed by atoms with Crippen LogP contribution in [-0.2, 0) is 13.9 Å². The SMILES string of the molecule is CNC(=O)CCCCCCP(=O)(O)OC. The Morgan fingerprint density at radius 2 is 1.93 bits per heavy atom. The molecule has 0 fully saturated rings. The molecule has 0 aliphatic rings. The molecule has 0 saturated heterocycles. The Morgan fingerprint density at radius 3 is 2.47 bits per heavy atom. The third kappa shape index (κ3) is 8.60. The van der Waals surface area contributed by atoms with Crippen molar-refractivity contribution in [1.82, 2.24) is 5.32 Å². The van der Waals surface area contributed by atoms with Crippen LogP contribution >= 0.6 is 7.60 Å². The molecule has 0 heterocycles. The number of unbranched alkanes of at least 4 members (excludes halogenated alkanes) is 3. The van der Waals surface area contributed by atoms with Crippen molar-refractivity contribution in [3.8, 4) is 0 Å². The van der Waals surface area contributed by atoms with Gasteiger partial charge in [0.05, 0.1) is 0 Å². The molecule has 0 spiro atoms. The molecule has 15 heavy (non-hydrogen) atoms. The molecule has 0 aromatic carbocycles. The van der Waals surface area contributed by atoms with Gasteiger partial charge < -0.3 is 14.7 Å². The summed E-state index contributed by atoms with van der Waals surface area (Å²) in [6, 6.07) is 0. The van der Waals surface area contributed by atoms with Gasteiger partial charge in [-0.1, -0.05) is 12.8 Å². The third-order valence-electron chi connectivity index (χ3n) is 2.16. The minimum Gasteiger partial charge on any atom is -0.359 e. The molecular formula is C9H20NO4P. The van der Waals surface area contributed by atoms with Gasteiger partial charge in [-0.3, -0.25) is 9.36 Å². The van der Waals surface area contributed by atoms with Crippen LogP contribution in [0, 0.1) is 0 Å². The lowest BCUT2D eigenvalue weighted by molar-refractivity contribution is -0.120. The quantitative estimate of drug-likeness (QED) is 0.495. The maximum atomic E-state index is 11.0. The van der Waals surface area contributed by atoms with E-state index in [2.05, 4.69) is 9.84 Å². The summed E-state index contributed by atoms with van der Waals surface area (Å²) in [6.07, 6.45) is 3.96. The molecule has 1 unspecified atom stereocenters. The predicted octanol–water partition coefficient (Wildman–Crippen LogP) is 1.51. The van der Waals surface area contributed by atoms with Crippen LogP contribution in [0.4, 0.5) is 0 Å². The Morgan fingerprint density at radius 1 is 1.33 bits per heavy atom. The highest BCUT2D eigenvalue weighted by Crippen LogP contribution is 2.41. The lowest BCUT2D eigenvalue weighted by Gasteiger charge is -2.07. The van der Waals surface area contributed by atoms with Crippen LogP contribution in [-0.4, -0.2) is 31.1 Å². The van der Waals surface area contributed by atoms with E-state index in [0.717, 1.165) is 19.3 Å². The van der Waals surface area contributed by atoms with Crippen LogP contribution in [0.15, 0.2) is 0 Å². The Bertz CT molecular complexity index is 232. The van der Waals surface area contributed by atoms with Gasteiger partial charge in [0.2, 0.25) is 5.91 Å². The lowest BCUT2D eigenvalue weighted by Crippen LogP contribution is -2.16. The van der Waals surface area contributed by atoms with Gasteiger partial charge >= 0.3 is 7.60 Å². The van der Waals surface area contributed by atoms with E-state index in [9.17, 15) is 9.36 Å². The zero-order chi connectivity index (χ0) is 11.7. The molecule has 0 aliphatic carbocycles. The predicted molar refractivity (Wildman–Crippen MR) is 58.9 cm³/mol. The molecule has 6 heteroatoms. The van der Waals surface area contributed by atoms with Gasteiger partial charge in [0.1, 0.15) is 0 Å². The van der Waals surface area contributed by atoms with Gasteiger partial charge in [0.15, 0.2) is 0 Å². The first kappa shape index (κ1) is 14.6. The Kier molecular flexibility index (Phi) is 7.65. The average molecular weight is 237 g/mol. The highest BCUT2D eigenvalue weighted by atomic mass is 31.2. The van der Waals surface area contributed by atoms with E-state index in [-0.39, 0.29) is 12.1 Å². The van der Waals surface area contributed by atoms with Gasteiger partial charge in [0.25, 0.3) is 0 Å². The van der Waals surface area contributed by atoms with Crippen molar-refractivity contribution in [3.05, 3.63) is 0 Å². The molecule has 0 bridgehead atoms. The fourth-order valence-electron chi connectivity index (χ4n) is 1.17. The second kappa shape index (κ2) is 7.85. The van der Waals surface area contributed by atoms with E-state index in [0.29, 0.717) is 12.8 Å². The maximum Gasteiger partial charge on any atom is 0.327 e. The molecule has 0 aliphatic heterocycles. The van der Waals surface area contributed by atoms with Crippen LogP contribution in [0.1, 0.15) is 32.1 Å². The van der Waals surface area contributed by atoms with Crippen LogP contribution < -0.4 is 5.32 Å². The van der Waals surface area contributed by atoms with Crippen molar-refractivity contribution in [3.63, 3.8) is 0 Å². The van der Waals surface area contributed by atoms with Crippen molar-refractivity contribution < 1.29 is 18.8 Å². The normalized spacial score (nSPS) is 14.6. The molecule has 0 aromatic rings. The van der Waals surface area contributed by atoms with E-state index in [1.165, 1.54) is 7.11 Å². The van der Waals surface area contributed by atoms with Crippen molar-refractivity contribution in [1.29, 1.82) is 0 Å². The Balaban J connectivity index is 3.33. The Labute approximate surface area is 90.7 Å². The lowest BCUT2D eigenvalue weighted by atomic mass is 10.1. The number of nitrogens with one attached hydrogen (secondary N) is 1. The second-order valence-corrected chi connectivity index (χ2v) is 5.47. The minimum atomic E-state index is -3.33. The van der Waals surface area contributed by atoms with Gasteiger partial charge in [-0.2, -0.15) is 0 Å². The summed E-state index contributed by atoms with van der Waals surface area (Å²) in [5, 5.41) is 2.55. The summed E-state index contributed by atoms with van der Waals surface area (Å²) in [5.41, 5.74) is 0. The standard InChI is InChI=1S/C9H20NO4P/c1-10-9(11)7-5-3-4-6-8-15(12,13)14-2/h3-8H2,1-2H3,(H,10,11)(H,12,13). The molecule has 1 atom stereocenters. The molecule has 90 valence electrons. The van der Waals surface area contributed by atoms with Crippen molar-refractivity contribution >= 4 is 13.5 Å². The maximum absolute atomic E-state index is 11.0. The first-order valence-electron chi connectivity index (χ1n) is 5.10. The van der Waals surface area contributed by atoms with E-state index in [4.69, 9.17) is 4.89 Å². The van der Waals surface area contributed by atoms with Gasteiger partial charge in [-0.05, 0) is 12.8 Å². The largest absolute Gasteiger partial charge is 0.359 e. The zero-order valence-electron chi connectivity index (χ0n) is 9.36. The number of carbonyl (C=O) groups excluding carboxylic acids is 1. The summed E-state index contributed by atoms with van der Waals surface area (Å²) in [5.74, 6) is 0.0414. The van der Waals surface area contributed by atoms with Gasteiger partial charge in [0, 0.05) is 26.7 Å². The molecular weight excluding hydrogens is 217 g/mol. The summed E-state index contributed by atoms with van der Waals surface area (Å²) in [7, 11) is -0.470. The molecule has 0 rings (SSSR count). The van der Waals surface area contributed by atoms with E-state index in [1.54, 1.807) is 7.05 Å². The number of hydrogen-bond acceptors (Lipinski definition) is 3.